The van der Waals surface area contributed by atoms with Crippen LogP contribution in [0.15, 0.2) is 54.6 Å². The fourth-order valence-electron chi connectivity index (χ4n) is 3.39. The van der Waals surface area contributed by atoms with Crippen molar-refractivity contribution in [2.45, 2.75) is 38.3 Å². The number of aryl methyl sites for hydroxylation is 1. The van der Waals surface area contributed by atoms with Gasteiger partial charge in [-0.3, -0.25) is 0 Å². The molecule has 0 aliphatic carbocycles. The van der Waals surface area contributed by atoms with Gasteiger partial charge in [0.15, 0.2) is 0 Å². The molecule has 2 rings (SSSR count). The van der Waals surface area contributed by atoms with Gasteiger partial charge in [-0.25, -0.2) is 0 Å². The second-order valence-electron chi connectivity index (χ2n) is 6.46. The molecule has 118 valence electrons. The molecule has 0 saturated carbocycles. The van der Waals surface area contributed by atoms with E-state index in [0.717, 1.165) is 12.8 Å². The highest BCUT2D eigenvalue weighted by Gasteiger charge is 2.37. The quantitative estimate of drug-likeness (QED) is 0.880. The third kappa shape index (κ3) is 3.57. The Bertz CT molecular complexity index is 574. The molecule has 22 heavy (non-hydrogen) atoms. The summed E-state index contributed by atoms with van der Waals surface area (Å²) < 4.78 is 0. The number of nitrogens with two attached hydrogens (primary N) is 1. The highest BCUT2D eigenvalue weighted by atomic mass is 15.1. The molecular weight excluding hydrogens is 268 g/mol. The molecule has 0 saturated heterocycles. The van der Waals surface area contributed by atoms with Gasteiger partial charge in [0, 0.05) is 6.04 Å². The minimum atomic E-state index is -0.394. The molecule has 2 heteroatoms. The van der Waals surface area contributed by atoms with Gasteiger partial charge in [0.1, 0.15) is 0 Å². The first-order valence-corrected chi connectivity index (χ1v) is 8.03. The Morgan fingerprint density at radius 3 is 2.09 bits per heavy atom. The van der Waals surface area contributed by atoms with E-state index in [1.54, 1.807) is 0 Å². The molecule has 2 nitrogen and oxygen atoms in total. The minimum Gasteiger partial charge on any atom is -0.320 e. The van der Waals surface area contributed by atoms with Crippen LogP contribution in [0.1, 0.15) is 30.0 Å². The number of rotatable bonds is 6. The van der Waals surface area contributed by atoms with Crippen molar-refractivity contribution >= 4 is 0 Å². The van der Waals surface area contributed by atoms with E-state index in [1.807, 2.05) is 6.07 Å². The van der Waals surface area contributed by atoms with Gasteiger partial charge in [-0.1, -0.05) is 67.1 Å². The highest BCUT2D eigenvalue weighted by Crippen LogP contribution is 2.31. The third-order valence-corrected chi connectivity index (χ3v) is 4.53. The number of hydrogen-bond acceptors (Lipinski definition) is 2. The van der Waals surface area contributed by atoms with Crippen molar-refractivity contribution in [3.8, 4) is 0 Å². The fraction of sp³-hybridized carbons (Fsp3) is 0.400. The van der Waals surface area contributed by atoms with Gasteiger partial charge in [-0.05, 0) is 45.0 Å². The zero-order chi connectivity index (χ0) is 16.2. The molecule has 0 spiro atoms. The van der Waals surface area contributed by atoms with Gasteiger partial charge in [-0.15, -0.1) is 0 Å². The van der Waals surface area contributed by atoms with Crippen LogP contribution < -0.4 is 5.73 Å². The van der Waals surface area contributed by atoms with E-state index >= 15 is 0 Å². The summed E-state index contributed by atoms with van der Waals surface area (Å²) in [4.78, 5) is 2.25. The maximum Gasteiger partial charge on any atom is 0.0607 e. The van der Waals surface area contributed by atoms with Crippen molar-refractivity contribution in [3.63, 3.8) is 0 Å². The molecule has 2 unspecified atom stereocenters. The Hall–Kier alpha value is -1.64. The van der Waals surface area contributed by atoms with Crippen molar-refractivity contribution in [3.05, 3.63) is 71.3 Å². The van der Waals surface area contributed by atoms with Crippen LogP contribution in [0.2, 0.25) is 0 Å². The summed E-state index contributed by atoms with van der Waals surface area (Å²) in [6.45, 7) is 4.33. The average Bonchev–Trinajstić information content (AvgIpc) is 2.51. The molecule has 2 aromatic carbocycles. The summed E-state index contributed by atoms with van der Waals surface area (Å²) in [5.74, 6) is 0. The largest absolute Gasteiger partial charge is 0.320 e. The van der Waals surface area contributed by atoms with Crippen molar-refractivity contribution in [2.75, 3.05) is 14.1 Å². The lowest BCUT2D eigenvalue weighted by molar-refractivity contribution is 0.168. The van der Waals surface area contributed by atoms with Crippen molar-refractivity contribution < 1.29 is 0 Å². The summed E-state index contributed by atoms with van der Waals surface area (Å²) >= 11 is 0. The lowest BCUT2D eigenvalue weighted by Gasteiger charge is -2.41. The molecular formula is C20H28N2. The molecule has 0 amide bonds. The molecule has 0 aliphatic heterocycles. The Kier molecular flexibility index (Phi) is 5.38. The summed E-state index contributed by atoms with van der Waals surface area (Å²) in [6, 6.07) is 19.5. The first-order chi connectivity index (χ1) is 10.5. The first kappa shape index (κ1) is 16.7. The second-order valence-corrected chi connectivity index (χ2v) is 6.46. The first-order valence-electron chi connectivity index (χ1n) is 8.03. The normalized spacial score (nSPS) is 15.5. The monoisotopic (exact) mass is 296 g/mol. The van der Waals surface area contributed by atoms with Crippen molar-refractivity contribution in [2.24, 2.45) is 5.73 Å². The van der Waals surface area contributed by atoms with Gasteiger partial charge in [-0.2, -0.15) is 0 Å². The number of hydrogen-bond donors (Lipinski definition) is 1. The molecule has 0 aliphatic rings. The van der Waals surface area contributed by atoms with Crippen molar-refractivity contribution in [1.29, 1.82) is 0 Å². The molecule has 0 radical (unpaired) electrons. The number of nitrogens with zero attached hydrogens (tertiary/aromatic N) is 1. The number of likely N-dealkylation sites (N-methyl/N-ethyl adjacent to an activating group) is 1. The van der Waals surface area contributed by atoms with Crippen LogP contribution in [0.4, 0.5) is 0 Å². The van der Waals surface area contributed by atoms with Crippen LogP contribution in [-0.2, 0) is 12.0 Å². The molecule has 0 heterocycles. The smallest absolute Gasteiger partial charge is 0.0607 e. The molecule has 2 atom stereocenters. The maximum absolute atomic E-state index is 7.00. The Labute approximate surface area is 135 Å². The standard InChI is InChI=1S/C20H28N2/c1-5-19(22(3)4)20(21,18-9-7-6-8-10-18)15-17-13-11-16(2)12-14-17/h6-14,19H,5,15,21H2,1-4H3. The SMILES string of the molecule is CCC(N(C)C)C(N)(Cc1ccc(C)cc1)c1ccccc1. The Balaban J connectivity index is 2.43. The predicted octanol–water partition coefficient (Wildman–Crippen LogP) is 3.73. The zero-order valence-electron chi connectivity index (χ0n) is 14.2. The van der Waals surface area contributed by atoms with Crippen LogP contribution in [0.25, 0.3) is 0 Å². The maximum atomic E-state index is 7.00. The van der Waals surface area contributed by atoms with Crippen LogP contribution >= 0.6 is 0 Å². The Morgan fingerprint density at radius 1 is 1.00 bits per heavy atom. The summed E-state index contributed by atoms with van der Waals surface area (Å²) in [7, 11) is 4.24. The predicted molar refractivity (Wildman–Crippen MR) is 95.0 cm³/mol. The molecule has 0 bridgehead atoms. The van der Waals surface area contributed by atoms with Gasteiger partial charge >= 0.3 is 0 Å². The van der Waals surface area contributed by atoms with E-state index in [2.05, 4.69) is 81.4 Å². The van der Waals surface area contributed by atoms with E-state index < -0.39 is 5.54 Å². The summed E-state index contributed by atoms with van der Waals surface area (Å²) in [5, 5.41) is 0. The minimum absolute atomic E-state index is 0.288. The fourth-order valence-corrected chi connectivity index (χ4v) is 3.39. The van der Waals surface area contributed by atoms with Crippen LogP contribution in [0.5, 0.6) is 0 Å². The van der Waals surface area contributed by atoms with E-state index in [4.69, 9.17) is 5.73 Å². The third-order valence-electron chi connectivity index (χ3n) is 4.53. The lowest BCUT2D eigenvalue weighted by atomic mass is 9.77. The molecule has 0 fully saturated rings. The van der Waals surface area contributed by atoms with Gasteiger partial charge in [0.05, 0.1) is 5.54 Å². The van der Waals surface area contributed by atoms with E-state index in [1.165, 1.54) is 16.7 Å². The van der Waals surface area contributed by atoms with Gasteiger partial charge in [0.25, 0.3) is 0 Å². The second kappa shape index (κ2) is 7.08. The molecule has 0 aromatic heterocycles. The molecule has 2 N–H and O–H groups in total. The van der Waals surface area contributed by atoms with Crippen LogP contribution in [0.3, 0.4) is 0 Å². The Morgan fingerprint density at radius 2 is 1.59 bits per heavy atom. The summed E-state index contributed by atoms with van der Waals surface area (Å²) in [5.41, 5.74) is 10.4. The highest BCUT2D eigenvalue weighted by molar-refractivity contribution is 5.31. The topological polar surface area (TPSA) is 29.3 Å². The van der Waals surface area contributed by atoms with Gasteiger partial charge in [0.2, 0.25) is 0 Å². The zero-order valence-corrected chi connectivity index (χ0v) is 14.2. The van der Waals surface area contributed by atoms with Crippen LogP contribution in [-0.4, -0.2) is 25.0 Å². The van der Waals surface area contributed by atoms with E-state index in [9.17, 15) is 0 Å². The summed E-state index contributed by atoms with van der Waals surface area (Å²) in [6.07, 6.45) is 1.86. The number of benzene rings is 2. The average molecular weight is 296 g/mol. The van der Waals surface area contributed by atoms with E-state index in [0.29, 0.717) is 0 Å². The lowest BCUT2D eigenvalue weighted by Crippen LogP contribution is -2.55. The molecule has 2 aromatic rings. The van der Waals surface area contributed by atoms with Gasteiger partial charge < -0.3 is 10.6 Å². The van der Waals surface area contributed by atoms with Crippen LogP contribution in [0, 0.1) is 6.92 Å². The van der Waals surface area contributed by atoms with Crippen molar-refractivity contribution in [1.82, 2.24) is 4.90 Å². The van der Waals surface area contributed by atoms with E-state index in [-0.39, 0.29) is 6.04 Å².